The van der Waals surface area contributed by atoms with Crippen LogP contribution in [0, 0.1) is 18.3 Å². The summed E-state index contributed by atoms with van der Waals surface area (Å²) in [6.07, 6.45) is 3.01. The third-order valence-corrected chi connectivity index (χ3v) is 7.08. The zero-order valence-electron chi connectivity index (χ0n) is 16.9. The SMILES string of the molecule is Cc1cc(C#N)cc(N[C@H]2CN(S(=O)(=O)c3cn(C)cn3)C[C@@H]2c2ccccc2)c1. The molecule has 1 fully saturated rings. The number of imidazole rings is 1. The van der Waals surface area contributed by atoms with Crippen molar-refractivity contribution < 1.29 is 8.42 Å². The van der Waals surface area contributed by atoms with Gasteiger partial charge in [0.15, 0.2) is 5.03 Å². The van der Waals surface area contributed by atoms with E-state index in [1.165, 1.54) is 16.8 Å². The quantitative estimate of drug-likeness (QED) is 0.684. The second-order valence-electron chi connectivity index (χ2n) is 7.67. The van der Waals surface area contributed by atoms with Crippen molar-refractivity contribution in [1.82, 2.24) is 13.9 Å². The molecule has 2 aromatic carbocycles. The van der Waals surface area contributed by atoms with Gasteiger partial charge in [-0.05, 0) is 36.2 Å². The molecule has 30 heavy (non-hydrogen) atoms. The highest BCUT2D eigenvalue weighted by atomic mass is 32.2. The predicted octanol–water partition coefficient (Wildman–Crippen LogP) is 2.87. The highest BCUT2D eigenvalue weighted by Crippen LogP contribution is 2.33. The highest BCUT2D eigenvalue weighted by Gasteiger charge is 2.41. The molecule has 2 heterocycles. The number of hydrogen-bond donors (Lipinski definition) is 1. The second kappa shape index (κ2) is 7.94. The lowest BCUT2D eigenvalue weighted by Crippen LogP contribution is -2.32. The molecule has 1 aromatic heterocycles. The van der Waals surface area contributed by atoms with Crippen LogP contribution in [-0.4, -0.2) is 41.4 Å². The Labute approximate surface area is 176 Å². The molecule has 0 saturated carbocycles. The monoisotopic (exact) mass is 421 g/mol. The van der Waals surface area contributed by atoms with Gasteiger partial charge in [0, 0.05) is 44.0 Å². The Hall–Kier alpha value is -3.15. The van der Waals surface area contributed by atoms with E-state index in [0.717, 1.165) is 16.8 Å². The fraction of sp³-hybridized carbons (Fsp3) is 0.273. The molecule has 0 bridgehead atoms. The van der Waals surface area contributed by atoms with E-state index in [4.69, 9.17) is 0 Å². The number of rotatable bonds is 5. The van der Waals surface area contributed by atoms with Gasteiger partial charge in [0.1, 0.15) is 0 Å². The van der Waals surface area contributed by atoms with Gasteiger partial charge in [0.25, 0.3) is 10.0 Å². The summed E-state index contributed by atoms with van der Waals surface area (Å²) < 4.78 is 29.4. The maximum absolute atomic E-state index is 13.2. The molecule has 1 aliphatic rings. The van der Waals surface area contributed by atoms with Gasteiger partial charge in [-0.3, -0.25) is 0 Å². The van der Waals surface area contributed by atoms with Gasteiger partial charge in [0.05, 0.1) is 18.0 Å². The van der Waals surface area contributed by atoms with Gasteiger partial charge in [-0.2, -0.15) is 9.57 Å². The average Bonchev–Trinajstić information content (AvgIpc) is 3.35. The Morgan fingerprint density at radius 2 is 1.93 bits per heavy atom. The molecule has 3 aromatic rings. The van der Waals surface area contributed by atoms with Crippen LogP contribution in [0.2, 0.25) is 0 Å². The maximum Gasteiger partial charge on any atom is 0.262 e. The van der Waals surface area contributed by atoms with E-state index in [1.54, 1.807) is 17.7 Å². The van der Waals surface area contributed by atoms with Gasteiger partial charge in [-0.25, -0.2) is 13.4 Å². The van der Waals surface area contributed by atoms with Crippen LogP contribution in [-0.2, 0) is 17.1 Å². The van der Waals surface area contributed by atoms with Crippen molar-refractivity contribution >= 4 is 15.7 Å². The molecule has 8 heteroatoms. The molecular formula is C22H23N5O2S. The second-order valence-corrected chi connectivity index (χ2v) is 9.55. The van der Waals surface area contributed by atoms with Crippen molar-refractivity contribution in [2.24, 2.45) is 7.05 Å². The molecule has 0 amide bonds. The Morgan fingerprint density at radius 3 is 2.60 bits per heavy atom. The first-order valence-corrected chi connectivity index (χ1v) is 11.1. The lowest BCUT2D eigenvalue weighted by Gasteiger charge is -2.21. The summed E-state index contributed by atoms with van der Waals surface area (Å²) in [5.74, 6) is -0.0317. The first-order chi connectivity index (χ1) is 14.4. The number of sulfonamides is 1. The van der Waals surface area contributed by atoms with Gasteiger partial charge >= 0.3 is 0 Å². The zero-order valence-corrected chi connectivity index (χ0v) is 17.7. The molecule has 1 N–H and O–H groups in total. The molecule has 1 saturated heterocycles. The highest BCUT2D eigenvalue weighted by molar-refractivity contribution is 7.89. The molecule has 1 aliphatic heterocycles. The van der Waals surface area contributed by atoms with Crippen LogP contribution < -0.4 is 5.32 Å². The lowest BCUT2D eigenvalue weighted by atomic mass is 9.94. The summed E-state index contributed by atoms with van der Waals surface area (Å²) in [6.45, 7) is 2.61. The molecule has 154 valence electrons. The van der Waals surface area contributed by atoms with Crippen LogP contribution in [0.25, 0.3) is 0 Å². The number of anilines is 1. The minimum Gasteiger partial charge on any atom is -0.380 e. The fourth-order valence-corrected chi connectivity index (χ4v) is 5.41. The van der Waals surface area contributed by atoms with Crippen molar-refractivity contribution in [3.05, 3.63) is 77.7 Å². The first-order valence-electron chi connectivity index (χ1n) is 9.68. The minimum absolute atomic E-state index is 0.0317. The molecule has 0 radical (unpaired) electrons. The molecular weight excluding hydrogens is 398 g/mol. The van der Waals surface area contributed by atoms with Gasteiger partial charge in [-0.15, -0.1) is 0 Å². The van der Waals surface area contributed by atoms with Crippen molar-refractivity contribution in [3.8, 4) is 6.07 Å². The Balaban J connectivity index is 1.67. The molecule has 4 rings (SSSR count). The van der Waals surface area contributed by atoms with Crippen LogP contribution in [0.15, 0.2) is 66.1 Å². The number of nitriles is 1. The number of aromatic nitrogens is 2. The van der Waals surface area contributed by atoms with Gasteiger partial charge in [0.2, 0.25) is 0 Å². The van der Waals surface area contributed by atoms with E-state index in [-0.39, 0.29) is 17.0 Å². The molecule has 0 spiro atoms. The zero-order chi connectivity index (χ0) is 21.3. The van der Waals surface area contributed by atoms with Gasteiger partial charge < -0.3 is 9.88 Å². The van der Waals surface area contributed by atoms with Crippen LogP contribution in [0.1, 0.15) is 22.6 Å². The summed E-state index contributed by atoms with van der Waals surface area (Å²) in [7, 11) is -1.95. The molecule has 7 nitrogen and oxygen atoms in total. The van der Waals surface area contributed by atoms with Gasteiger partial charge in [-0.1, -0.05) is 30.3 Å². The molecule has 2 atom stereocenters. The van der Waals surface area contributed by atoms with Crippen LogP contribution in [0.4, 0.5) is 5.69 Å². The van der Waals surface area contributed by atoms with E-state index < -0.39 is 10.0 Å². The number of nitrogens with one attached hydrogen (secondary N) is 1. The van der Waals surface area contributed by atoms with Crippen LogP contribution in [0.5, 0.6) is 0 Å². The fourth-order valence-electron chi connectivity index (χ4n) is 3.95. The number of benzene rings is 2. The number of hydrogen-bond acceptors (Lipinski definition) is 5. The summed E-state index contributed by atoms with van der Waals surface area (Å²) in [5.41, 5.74) is 3.44. The van der Waals surface area contributed by atoms with Crippen LogP contribution >= 0.6 is 0 Å². The largest absolute Gasteiger partial charge is 0.380 e. The van der Waals surface area contributed by atoms with Crippen molar-refractivity contribution in [3.63, 3.8) is 0 Å². The lowest BCUT2D eigenvalue weighted by molar-refractivity contribution is 0.468. The van der Waals surface area contributed by atoms with E-state index >= 15 is 0 Å². The summed E-state index contributed by atoms with van der Waals surface area (Å²) in [6, 6.07) is 17.5. The number of aryl methyl sites for hydroxylation is 2. The predicted molar refractivity (Wildman–Crippen MR) is 114 cm³/mol. The molecule has 0 aliphatic carbocycles. The smallest absolute Gasteiger partial charge is 0.262 e. The number of nitrogens with zero attached hydrogens (tertiary/aromatic N) is 4. The van der Waals surface area contributed by atoms with E-state index in [1.807, 2.05) is 49.4 Å². The first kappa shape index (κ1) is 20.1. The topological polar surface area (TPSA) is 91.0 Å². The third-order valence-electron chi connectivity index (χ3n) is 5.36. The summed E-state index contributed by atoms with van der Waals surface area (Å²) >= 11 is 0. The van der Waals surface area contributed by atoms with Crippen LogP contribution in [0.3, 0.4) is 0 Å². The van der Waals surface area contributed by atoms with E-state index in [9.17, 15) is 13.7 Å². The third kappa shape index (κ3) is 3.95. The summed E-state index contributed by atoms with van der Waals surface area (Å²) in [4.78, 5) is 4.05. The average molecular weight is 422 g/mol. The normalized spacial score (nSPS) is 19.5. The van der Waals surface area contributed by atoms with E-state index in [2.05, 4.69) is 16.4 Å². The minimum atomic E-state index is -3.70. The summed E-state index contributed by atoms with van der Waals surface area (Å²) in [5, 5.41) is 12.8. The van der Waals surface area contributed by atoms with Crippen molar-refractivity contribution in [1.29, 1.82) is 5.26 Å². The standard InChI is InChI=1S/C22H23N5O2S/c1-16-8-17(11-23)10-19(9-16)25-21-13-27(12-20(21)18-6-4-3-5-7-18)30(28,29)22-14-26(2)15-24-22/h3-10,14-15,20-21,25H,12-13H2,1-2H3/t20-,21+/m1/s1. The Kier molecular flexibility index (Phi) is 5.33. The Morgan fingerprint density at radius 1 is 1.17 bits per heavy atom. The molecule has 0 unspecified atom stereocenters. The van der Waals surface area contributed by atoms with Crippen molar-refractivity contribution in [2.45, 2.75) is 23.9 Å². The maximum atomic E-state index is 13.2. The Bertz CT molecular complexity index is 1200. The van der Waals surface area contributed by atoms with Crippen molar-refractivity contribution in [2.75, 3.05) is 18.4 Å². The van der Waals surface area contributed by atoms with E-state index in [0.29, 0.717) is 18.7 Å².